The SMILES string of the molecule is CC(C)(C)OC(=O)N1CCCC(OCC(=O)O)(c2cccc(Br)c2)CCC1. The van der Waals surface area contributed by atoms with Crippen LogP contribution in [0.3, 0.4) is 0 Å². The van der Waals surface area contributed by atoms with Crippen molar-refractivity contribution in [3.8, 4) is 0 Å². The summed E-state index contributed by atoms with van der Waals surface area (Å²) in [5.74, 6) is -0.984. The van der Waals surface area contributed by atoms with E-state index in [1.165, 1.54) is 0 Å². The van der Waals surface area contributed by atoms with Crippen molar-refractivity contribution < 1.29 is 24.2 Å². The highest BCUT2D eigenvalue weighted by Gasteiger charge is 2.36. The minimum absolute atomic E-state index is 0.302. The summed E-state index contributed by atoms with van der Waals surface area (Å²) in [5.41, 5.74) is -0.226. The molecule has 1 N–H and O–H groups in total. The van der Waals surface area contributed by atoms with E-state index in [4.69, 9.17) is 14.6 Å². The first-order valence-corrected chi connectivity index (χ1v) is 10.0. The Labute approximate surface area is 169 Å². The minimum Gasteiger partial charge on any atom is -0.480 e. The number of hydrogen-bond donors (Lipinski definition) is 1. The first kappa shape index (κ1) is 21.7. The van der Waals surface area contributed by atoms with Gasteiger partial charge < -0.3 is 19.5 Å². The Bertz CT molecular complexity index is 661. The summed E-state index contributed by atoms with van der Waals surface area (Å²) in [6.45, 7) is 6.33. The first-order chi connectivity index (χ1) is 12.6. The largest absolute Gasteiger partial charge is 0.480 e. The van der Waals surface area contributed by atoms with Gasteiger partial charge in [0.15, 0.2) is 0 Å². The van der Waals surface area contributed by atoms with Crippen molar-refractivity contribution in [2.75, 3.05) is 19.7 Å². The lowest BCUT2D eigenvalue weighted by Crippen LogP contribution is -2.42. The molecule has 0 aromatic heterocycles. The molecule has 1 aromatic carbocycles. The molecule has 0 aliphatic carbocycles. The van der Waals surface area contributed by atoms with Crippen LogP contribution in [0.15, 0.2) is 28.7 Å². The van der Waals surface area contributed by atoms with Gasteiger partial charge in [0.25, 0.3) is 0 Å². The van der Waals surface area contributed by atoms with E-state index in [2.05, 4.69) is 15.9 Å². The number of carboxylic acid groups (broad SMARTS) is 1. The molecule has 0 bridgehead atoms. The van der Waals surface area contributed by atoms with Crippen molar-refractivity contribution in [1.29, 1.82) is 0 Å². The monoisotopic (exact) mass is 441 g/mol. The Hall–Kier alpha value is -1.60. The Morgan fingerprint density at radius 1 is 1.22 bits per heavy atom. The van der Waals surface area contributed by atoms with Crippen LogP contribution in [0.4, 0.5) is 4.79 Å². The lowest BCUT2D eigenvalue weighted by molar-refractivity contribution is -0.152. The highest BCUT2D eigenvalue weighted by Crippen LogP contribution is 2.38. The Morgan fingerprint density at radius 3 is 2.37 bits per heavy atom. The molecule has 0 atom stereocenters. The van der Waals surface area contributed by atoms with Crippen molar-refractivity contribution in [3.63, 3.8) is 0 Å². The van der Waals surface area contributed by atoms with Gasteiger partial charge in [-0.2, -0.15) is 0 Å². The number of benzene rings is 1. The normalized spacial score (nSPS) is 17.7. The zero-order chi connectivity index (χ0) is 20.1. The van der Waals surface area contributed by atoms with E-state index < -0.39 is 17.2 Å². The fourth-order valence-electron chi connectivity index (χ4n) is 3.34. The second-order valence-corrected chi connectivity index (χ2v) is 8.78. The van der Waals surface area contributed by atoms with Crippen LogP contribution < -0.4 is 0 Å². The van der Waals surface area contributed by atoms with Crippen LogP contribution in [0.1, 0.15) is 52.0 Å². The summed E-state index contributed by atoms with van der Waals surface area (Å²) < 4.78 is 12.3. The lowest BCUT2D eigenvalue weighted by Gasteiger charge is -2.38. The number of aliphatic carboxylic acids is 1. The van der Waals surface area contributed by atoms with Crippen LogP contribution in [-0.4, -0.2) is 47.4 Å². The number of ether oxygens (including phenoxy) is 2. The molecule has 1 amide bonds. The quantitative estimate of drug-likeness (QED) is 0.740. The summed E-state index contributed by atoms with van der Waals surface area (Å²) in [4.78, 5) is 25.2. The highest BCUT2D eigenvalue weighted by atomic mass is 79.9. The molecule has 0 spiro atoms. The van der Waals surface area contributed by atoms with Gasteiger partial charge in [0.05, 0.1) is 5.60 Å². The molecule has 2 rings (SSSR count). The number of carboxylic acids is 1. The minimum atomic E-state index is -0.984. The number of halogens is 1. The second-order valence-electron chi connectivity index (χ2n) is 7.86. The summed E-state index contributed by atoms with van der Waals surface area (Å²) in [7, 11) is 0. The van der Waals surface area contributed by atoms with Crippen molar-refractivity contribution in [2.45, 2.75) is 57.7 Å². The van der Waals surface area contributed by atoms with Crippen LogP contribution in [0.2, 0.25) is 0 Å². The molecule has 1 aromatic rings. The van der Waals surface area contributed by atoms with Crippen LogP contribution in [0.25, 0.3) is 0 Å². The maximum absolute atomic E-state index is 12.4. The third kappa shape index (κ3) is 6.50. The lowest BCUT2D eigenvalue weighted by atomic mass is 9.83. The van der Waals surface area contributed by atoms with Gasteiger partial charge in [-0.1, -0.05) is 28.1 Å². The number of carbonyl (C=O) groups is 2. The smallest absolute Gasteiger partial charge is 0.410 e. The van der Waals surface area contributed by atoms with Gasteiger partial charge in [0.2, 0.25) is 0 Å². The third-order valence-corrected chi connectivity index (χ3v) is 4.98. The van der Waals surface area contributed by atoms with E-state index in [1.54, 1.807) is 4.90 Å². The fraction of sp³-hybridized carbons (Fsp3) is 0.600. The maximum atomic E-state index is 12.4. The molecule has 1 aliphatic heterocycles. The summed E-state index contributed by atoms with van der Waals surface area (Å²) in [6.07, 6.45) is 2.37. The van der Waals surface area contributed by atoms with E-state index in [1.807, 2.05) is 45.0 Å². The van der Waals surface area contributed by atoms with Gasteiger partial charge in [-0.25, -0.2) is 9.59 Å². The van der Waals surface area contributed by atoms with Crippen LogP contribution in [-0.2, 0) is 19.9 Å². The van der Waals surface area contributed by atoms with Crippen LogP contribution in [0.5, 0.6) is 0 Å². The summed E-state index contributed by atoms with van der Waals surface area (Å²) >= 11 is 3.48. The molecule has 0 radical (unpaired) electrons. The highest BCUT2D eigenvalue weighted by molar-refractivity contribution is 9.10. The van der Waals surface area contributed by atoms with Crippen molar-refractivity contribution >= 4 is 28.0 Å². The predicted molar refractivity (Wildman–Crippen MR) is 106 cm³/mol. The second kappa shape index (κ2) is 9.06. The molecular weight excluding hydrogens is 414 g/mol. The number of carbonyl (C=O) groups excluding carboxylic acids is 1. The average Bonchev–Trinajstić information content (AvgIpc) is 2.52. The number of nitrogens with zero attached hydrogens (tertiary/aromatic N) is 1. The van der Waals surface area contributed by atoms with Crippen LogP contribution in [0, 0.1) is 0 Å². The third-order valence-electron chi connectivity index (χ3n) is 4.49. The van der Waals surface area contributed by atoms with Crippen LogP contribution >= 0.6 is 15.9 Å². The van der Waals surface area contributed by atoms with E-state index in [-0.39, 0.29) is 12.7 Å². The Balaban J connectivity index is 2.14. The fourth-order valence-corrected chi connectivity index (χ4v) is 3.74. The molecule has 0 unspecified atom stereocenters. The topological polar surface area (TPSA) is 76.1 Å². The van der Waals surface area contributed by atoms with E-state index in [0.717, 1.165) is 10.0 Å². The number of hydrogen-bond acceptors (Lipinski definition) is 4. The van der Waals surface area contributed by atoms with Gasteiger partial charge in [0.1, 0.15) is 12.2 Å². The molecule has 0 saturated carbocycles. The Morgan fingerprint density at radius 2 is 1.85 bits per heavy atom. The molecule has 7 heteroatoms. The van der Waals surface area contributed by atoms with E-state index in [9.17, 15) is 9.59 Å². The summed E-state index contributed by atoms with van der Waals surface area (Å²) in [5, 5.41) is 9.11. The van der Waals surface area contributed by atoms with Gasteiger partial charge in [-0.05, 0) is 64.2 Å². The Kier molecular flexibility index (Phi) is 7.28. The molecule has 1 saturated heterocycles. The zero-order valence-electron chi connectivity index (χ0n) is 16.2. The molecule has 1 fully saturated rings. The molecule has 6 nitrogen and oxygen atoms in total. The van der Waals surface area contributed by atoms with Crippen molar-refractivity contribution in [3.05, 3.63) is 34.3 Å². The molecule has 150 valence electrons. The zero-order valence-corrected chi connectivity index (χ0v) is 17.8. The average molecular weight is 442 g/mol. The predicted octanol–water partition coefficient (Wildman–Crippen LogP) is 4.56. The first-order valence-electron chi connectivity index (χ1n) is 9.21. The number of rotatable bonds is 4. The summed E-state index contributed by atoms with van der Waals surface area (Å²) in [6, 6.07) is 7.81. The number of likely N-dealkylation sites (tertiary alicyclic amines) is 1. The van der Waals surface area contributed by atoms with Crippen molar-refractivity contribution in [1.82, 2.24) is 4.90 Å². The van der Waals surface area contributed by atoms with Gasteiger partial charge >= 0.3 is 12.1 Å². The van der Waals surface area contributed by atoms with E-state index in [0.29, 0.717) is 38.8 Å². The maximum Gasteiger partial charge on any atom is 0.410 e. The molecule has 27 heavy (non-hydrogen) atoms. The van der Waals surface area contributed by atoms with Gasteiger partial charge in [-0.3, -0.25) is 0 Å². The van der Waals surface area contributed by atoms with Crippen molar-refractivity contribution in [2.24, 2.45) is 0 Å². The van der Waals surface area contributed by atoms with Gasteiger partial charge in [0, 0.05) is 17.6 Å². The molecule has 1 heterocycles. The van der Waals surface area contributed by atoms with E-state index >= 15 is 0 Å². The molecule has 1 aliphatic rings. The standard InChI is InChI=1S/C20H28BrNO5/c1-19(2,3)27-18(25)22-11-5-9-20(10-6-12-22,26-14-17(23)24)15-7-4-8-16(21)13-15/h4,7-8,13H,5-6,9-12,14H2,1-3H3,(H,23,24). The van der Waals surface area contributed by atoms with Gasteiger partial charge in [-0.15, -0.1) is 0 Å². The number of amides is 1. The molecular formula is C20H28BrNO5.